The van der Waals surface area contributed by atoms with E-state index in [-0.39, 0.29) is 0 Å². The molecule has 1 saturated carbocycles. The lowest BCUT2D eigenvalue weighted by atomic mass is 9.84. The third kappa shape index (κ3) is 6.07. The van der Waals surface area contributed by atoms with Gasteiger partial charge in [0, 0.05) is 44.2 Å². The topological polar surface area (TPSA) is 29.5 Å². The average molecular weight is 736 g/mol. The van der Waals surface area contributed by atoms with Crippen molar-refractivity contribution < 1.29 is 8.83 Å². The summed E-state index contributed by atoms with van der Waals surface area (Å²) in [4.78, 5) is 2.36. The standard InChI is InChI=1S/C54H41NO2/c1-2-10-36(11-3-1)37-20-22-38(23-21-37)39-24-29-43(30-25-39)55(44-31-26-40(27-32-44)46-16-9-17-49-47-14-4-7-19-52(47)57-54(46)49)45-13-8-12-41(34-45)42-28-33-53-50(35-42)48-15-5-6-18-51(48)56-53/h4-9,12-36H,1-3,10-11H2. The SMILES string of the molecule is c1cc(-c2ccc3oc4ccccc4c3c2)cc(N(c2ccc(-c3ccc(C4CCCCC4)cc3)cc2)c2ccc(-c3cccc4c3oc3ccccc34)cc2)c1. The largest absolute Gasteiger partial charge is 0.456 e. The van der Waals surface area contributed by atoms with E-state index in [0.717, 1.165) is 83.2 Å². The van der Waals surface area contributed by atoms with Crippen LogP contribution in [-0.2, 0) is 0 Å². The molecule has 10 aromatic rings. The van der Waals surface area contributed by atoms with E-state index in [0.29, 0.717) is 5.92 Å². The van der Waals surface area contributed by atoms with Crippen molar-refractivity contribution in [1.29, 1.82) is 0 Å². The number of rotatable bonds is 7. The molecule has 0 atom stereocenters. The zero-order valence-corrected chi connectivity index (χ0v) is 31.7. The molecule has 0 amide bonds. The van der Waals surface area contributed by atoms with Gasteiger partial charge < -0.3 is 13.7 Å². The summed E-state index contributed by atoms with van der Waals surface area (Å²) in [5, 5.41) is 4.54. The first-order chi connectivity index (χ1) is 28.2. The van der Waals surface area contributed by atoms with Gasteiger partial charge >= 0.3 is 0 Å². The monoisotopic (exact) mass is 735 g/mol. The minimum absolute atomic E-state index is 0.707. The van der Waals surface area contributed by atoms with Gasteiger partial charge in [-0.1, -0.05) is 141 Å². The highest BCUT2D eigenvalue weighted by Gasteiger charge is 2.18. The summed E-state index contributed by atoms with van der Waals surface area (Å²) in [7, 11) is 0. The minimum atomic E-state index is 0.707. The summed E-state index contributed by atoms with van der Waals surface area (Å²) in [6.07, 6.45) is 6.71. The molecule has 1 aliphatic carbocycles. The van der Waals surface area contributed by atoms with Crippen molar-refractivity contribution in [1.82, 2.24) is 0 Å². The van der Waals surface area contributed by atoms with E-state index >= 15 is 0 Å². The van der Waals surface area contributed by atoms with Gasteiger partial charge in [-0.2, -0.15) is 0 Å². The maximum Gasteiger partial charge on any atom is 0.143 e. The van der Waals surface area contributed by atoms with Crippen molar-refractivity contribution in [3.8, 4) is 33.4 Å². The molecule has 0 bridgehead atoms. The molecule has 1 fully saturated rings. The minimum Gasteiger partial charge on any atom is -0.456 e. The third-order valence-corrected chi connectivity index (χ3v) is 12.1. The van der Waals surface area contributed by atoms with E-state index in [2.05, 4.69) is 163 Å². The van der Waals surface area contributed by atoms with Crippen LogP contribution in [0.15, 0.2) is 191 Å². The van der Waals surface area contributed by atoms with E-state index in [1.54, 1.807) is 0 Å². The van der Waals surface area contributed by atoms with Crippen LogP contribution in [0.2, 0.25) is 0 Å². The Morgan fingerprint density at radius 1 is 0.368 bits per heavy atom. The fraction of sp³-hybridized carbons (Fsp3) is 0.111. The number of anilines is 3. The molecular formula is C54H41NO2. The summed E-state index contributed by atoms with van der Waals surface area (Å²) in [5.41, 5.74) is 15.4. The van der Waals surface area contributed by atoms with E-state index in [4.69, 9.17) is 8.83 Å². The molecule has 2 heterocycles. The Kier molecular flexibility index (Phi) is 8.24. The molecule has 0 N–H and O–H groups in total. The Balaban J connectivity index is 0.978. The zero-order valence-electron chi connectivity index (χ0n) is 31.7. The van der Waals surface area contributed by atoms with Gasteiger partial charge in [0.25, 0.3) is 0 Å². The summed E-state index contributed by atoms with van der Waals surface area (Å²) in [5.74, 6) is 0.707. The second kappa shape index (κ2) is 14.0. The lowest BCUT2D eigenvalue weighted by molar-refractivity contribution is 0.443. The van der Waals surface area contributed by atoms with Gasteiger partial charge in [-0.3, -0.25) is 0 Å². The zero-order chi connectivity index (χ0) is 37.7. The quantitative estimate of drug-likeness (QED) is 0.163. The molecule has 0 spiro atoms. The number of benzene rings is 8. The van der Waals surface area contributed by atoms with Gasteiger partial charge in [-0.25, -0.2) is 0 Å². The molecule has 8 aromatic carbocycles. The normalized spacial score (nSPS) is 13.5. The Labute approximate surface area is 332 Å². The molecular weight excluding hydrogens is 695 g/mol. The van der Waals surface area contributed by atoms with Crippen LogP contribution in [0.4, 0.5) is 17.1 Å². The average Bonchev–Trinajstić information content (AvgIpc) is 3.86. The number of nitrogens with zero attached hydrogens (tertiary/aromatic N) is 1. The molecule has 0 unspecified atom stereocenters. The van der Waals surface area contributed by atoms with Gasteiger partial charge in [0.1, 0.15) is 22.3 Å². The van der Waals surface area contributed by atoms with Crippen molar-refractivity contribution in [2.45, 2.75) is 38.0 Å². The lowest BCUT2D eigenvalue weighted by Crippen LogP contribution is -2.10. The van der Waals surface area contributed by atoms with E-state index in [9.17, 15) is 0 Å². The Bertz CT molecular complexity index is 3030. The van der Waals surface area contributed by atoms with Crippen LogP contribution in [0.25, 0.3) is 77.3 Å². The van der Waals surface area contributed by atoms with Gasteiger partial charge in [0.2, 0.25) is 0 Å². The fourth-order valence-corrected chi connectivity index (χ4v) is 9.13. The molecule has 2 aromatic heterocycles. The molecule has 3 nitrogen and oxygen atoms in total. The first-order valence-electron chi connectivity index (χ1n) is 20.3. The van der Waals surface area contributed by atoms with E-state index in [1.807, 2.05) is 24.3 Å². The molecule has 57 heavy (non-hydrogen) atoms. The second-order valence-electron chi connectivity index (χ2n) is 15.5. The van der Waals surface area contributed by atoms with Crippen molar-refractivity contribution in [2.75, 3.05) is 4.90 Å². The molecule has 0 radical (unpaired) electrons. The van der Waals surface area contributed by atoms with Crippen molar-refractivity contribution >= 4 is 60.9 Å². The van der Waals surface area contributed by atoms with E-state index < -0.39 is 0 Å². The maximum atomic E-state index is 6.42. The Morgan fingerprint density at radius 3 is 1.67 bits per heavy atom. The van der Waals surface area contributed by atoms with Gasteiger partial charge in [-0.15, -0.1) is 0 Å². The molecule has 0 saturated heterocycles. The first-order valence-corrected chi connectivity index (χ1v) is 20.3. The predicted octanol–water partition coefficient (Wildman–Crippen LogP) is 16.0. The smallest absolute Gasteiger partial charge is 0.143 e. The van der Waals surface area contributed by atoms with E-state index in [1.165, 1.54) is 48.8 Å². The van der Waals surface area contributed by atoms with Crippen molar-refractivity contribution in [3.05, 3.63) is 188 Å². The fourth-order valence-electron chi connectivity index (χ4n) is 9.13. The van der Waals surface area contributed by atoms with Gasteiger partial charge in [0.15, 0.2) is 0 Å². The molecule has 11 rings (SSSR count). The summed E-state index contributed by atoms with van der Waals surface area (Å²) < 4.78 is 12.6. The summed E-state index contributed by atoms with van der Waals surface area (Å²) in [6.45, 7) is 0. The Morgan fingerprint density at radius 2 is 0.930 bits per heavy atom. The van der Waals surface area contributed by atoms with Gasteiger partial charge in [0.05, 0.1) is 0 Å². The summed E-state index contributed by atoms with van der Waals surface area (Å²) in [6, 6.07) is 65.6. The predicted molar refractivity (Wildman–Crippen MR) is 238 cm³/mol. The molecule has 3 heteroatoms. The Hall–Kier alpha value is -6.84. The summed E-state index contributed by atoms with van der Waals surface area (Å²) >= 11 is 0. The molecule has 1 aliphatic rings. The number of fused-ring (bicyclic) bond motifs is 6. The highest BCUT2D eigenvalue weighted by Crippen LogP contribution is 2.41. The van der Waals surface area contributed by atoms with Crippen molar-refractivity contribution in [3.63, 3.8) is 0 Å². The highest BCUT2D eigenvalue weighted by atomic mass is 16.3. The number of furan rings is 2. The van der Waals surface area contributed by atoms with Crippen LogP contribution < -0.4 is 4.90 Å². The third-order valence-electron chi connectivity index (χ3n) is 12.1. The van der Waals surface area contributed by atoms with Crippen LogP contribution >= 0.6 is 0 Å². The van der Waals surface area contributed by atoms with Crippen LogP contribution in [0, 0.1) is 0 Å². The number of hydrogen-bond acceptors (Lipinski definition) is 3. The first kappa shape index (κ1) is 33.5. The maximum absolute atomic E-state index is 6.42. The van der Waals surface area contributed by atoms with Crippen LogP contribution in [0.1, 0.15) is 43.6 Å². The van der Waals surface area contributed by atoms with Gasteiger partial charge in [-0.05, 0) is 113 Å². The van der Waals surface area contributed by atoms with Crippen molar-refractivity contribution in [2.24, 2.45) is 0 Å². The van der Waals surface area contributed by atoms with Crippen LogP contribution in [0.5, 0.6) is 0 Å². The second-order valence-corrected chi connectivity index (χ2v) is 15.5. The molecule has 274 valence electrons. The highest BCUT2D eigenvalue weighted by molar-refractivity contribution is 6.09. The van der Waals surface area contributed by atoms with Crippen LogP contribution in [0.3, 0.4) is 0 Å². The number of hydrogen-bond donors (Lipinski definition) is 0. The lowest BCUT2D eigenvalue weighted by Gasteiger charge is -2.26. The number of para-hydroxylation sites is 3. The van der Waals surface area contributed by atoms with Crippen LogP contribution in [-0.4, -0.2) is 0 Å². The molecule has 0 aliphatic heterocycles.